The van der Waals surface area contributed by atoms with Crippen molar-refractivity contribution in [1.82, 2.24) is 24.5 Å². The van der Waals surface area contributed by atoms with Crippen LogP contribution in [0.15, 0.2) is 28.9 Å². The molecule has 0 saturated heterocycles. The summed E-state index contributed by atoms with van der Waals surface area (Å²) >= 11 is 0. The van der Waals surface area contributed by atoms with Crippen molar-refractivity contribution in [2.75, 3.05) is 6.54 Å². The first kappa shape index (κ1) is 16.9. The summed E-state index contributed by atoms with van der Waals surface area (Å²) in [6.07, 6.45) is -3.24. The van der Waals surface area contributed by atoms with E-state index in [-0.39, 0.29) is 23.9 Å². The summed E-state index contributed by atoms with van der Waals surface area (Å²) in [5, 5.41) is 3.99. The highest BCUT2D eigenvalue weighted by atomic mass is 19.4. The van der Waals surface area contributed by atoms with Gasteiger partial charge < -0.3 is 9.32 Å². The summed E-state index contributed by atoms with van der Waals surface area (Å²) in [7, 11) is 0. The van der Waals surface area contributed by atoms with Crippen LogP contribution in [0, 0.1) is 13.8 Å². The molecule has 132 valence electrons. The van der Waals surface area contributed by atoms with Crippen molar-refractivity contribution in [2.24, 2.45) is 0 Å². The molecule has 0 bridgehead atoms. The van der Waals surface area contributed by atoms with Gasteiger partial charge in [-0.2, -0.15) is 18.2 Å². The summed E-state index contributed by atoms with van der Waals surface area (Å²) < 4.78 is 44.9. The lowest BCUT2D eigenvalue weighted by atomic mass is 10.3. The standard InChI is InChI=1S/C15H14F3N5O2/c1-9-6-10(2)23-14(19-9)20-12(21-23)13(24)22(8-15(16,17)18)7-11-4-3-5-25-11/h3-6H,7-8H2,1-2H3. The van der Waals surface area contributed by atoms with Crippen LogP contribution in [0.4, 0.5) is 13.2 Å². The fraction of sp³-hybridized carbons (Fsp3) is 0.333. The molecule has 0 radical (unpaired) electrons. The number of amides is 1. The Hall–Kier alpha value is -2.91. The van der Waals surface area contributed by atoms with Crippen LogP contribution in [-0.2, 0) is 6.54 Å². The molecule has 0 unspecified atom stereocenters. The molecular formula is C15H14F3N5O2. The van der Waals surface area contributed by atoms with Crippen LogP contribution < -0.4 is 0 Å². The molecule has 3 rings (SSSR count). The number of rotatable bonds is 4. The molecule has 0 N–H and O–H groups in total. The van der Waals surface area contributed by atoms with E-state index < -0.39 is 18.6 Å². The quantitative estimate of drug-likeness (QED) is 0.720. The first-order valence-electron chi connectivity index (χ1n) is 7.32. The van der Waals surface area contributed by atoms with Crippen LogP contribution in [0.3, 0.4) is 0 Å². The molecule has 0 aliphatic carbocycles. The maximum atomic E-state index is 12.8. The van der Waals surface area contributed by atoms with Gasteiger partial charge in [0.15, 0.2) is 0 Å². The number of furan rings is 1. The van der Waals surface area contributed by atoms with Gasteiger partial charge >= 0.3 is 6.18 Å². The van der Waals surface area contributed by atoms with Crippen molar-refractivity contribution < 1.29 is 22.4 Å². The zero-order valence-corrected chi connectivity index (χ0v) is 13.4. The van der Waals surface area contributed by atoms with Crippen molar-refractivity contribution in [3.05, 3.63) is 47.4 Å². The Labute approximate surface area is 140 Å². The minimum absolute atomic E-state index is 0.158. The number of nitrogens with zero attached hydrogens (tertiary/aromatic N) is 5. The molecule has 0 spiro atoms. The van der Waals surface area contributed by atoms with Gasteiger partial charge in [0, 0.05) is 11.4 Å². The molecule has 1 amide bonds. The van der Waals surface area contributed by atoms with Crippen LogP contribution in [0.25, 0.3) is 5.78 Å². The van der Waals surface area contributed by atoms with Crippen molar-refractivity contribution in [2.45, 2.75) is 26.6 Å². The highest BCUT2D eigenvalue weighted by Crippen LogP contribution is 2.20. The first-order chi connectivity index (χ1) is 11.7. The molecule has 7 nitrogen and oxygen atoms in total. The molecule has 0 aromatic carbocycles. The Morgan fingerprint density at radius 1 is 1.32 bits per heavy atom. The average molecular weight is 353 g/mol. The van der Waals surface area contributed by atoms with Gasteiger partial charge in [-0.1, -0.05) is 0 Å². The van der Waals surface area contributed by atoms with Crippen molar-refractivity contribution in [3.8, 4) is 0 Å². The highest BCUT2D eigenvalue weighted by molar-refractivity contribution is 5.90. The van der Waals surface area contributed by atoms with E-state index in [0.29, 0.717) is 16.3 Å². The van der Waals surface area contributed by atoms with E-state index >= 15 is 0 Å². The number of carbonyl (C=O) groups excluding carboxylic acids is 1. The molecule has 3 aromatic heterocycles. The second-order valence-corrected chi connectivity index (χ2v) is 5.54. The summed E-state index contributed by atoms with van der Waals surface area (Å²) in [5.41, 5.74) is 1.33. The van der Waals surface area contributed by atoms with Gasteiger partial charge in [-0.15, -0.1) is 5.10 Å². The fourth-order valence-electron chi connectivity index (χ4n) is 2.40. The van der Waals surface area contributed by atoms with Gasteiger partial charge in [0.05, 0.1) is 12.8 Å². The first-order valence-corrected chi connectivity index (χ1v) is 7.32. The third kappa shape index (κ3) is 3.78. The monoisotopic (exact) mass is 353 g/mol. The summed E-state index contributed by atoms with van der Waals surface area (Å²) in [5.74, 6) is -0.911. The van der Waals surface area contributed by atoms with E-state index in [1.54, 1.807) is 19.9 Å². The SMILES string of the molecule is Cc1cc(C)n2nc(C(=O)N(Cc3ccco3)CC(F)(F)F)nc2n1. The number of alkyl halides is 3. The molecule has 0 saturated carbocycles. The Kier molecular flexibility index (Phi) is 4.19. The normalized spacial score (nSPS) is 11.9. The molecule has 0 aliphatic rings. The second kappa shape index (κ2) is 6.19. The number of halogens is 3. The van der Waals surface area contributed by atoms with Gasteiger partial charge in [-0.25, -0.2) is 9.50 Å². The second-order valence-electron chi connectivity index (χ2n) is 5.54. The number of aromatic nitrogens is 4. The van der Waals surface area contributed by atoms with Crippen LogP contribution in [0.2, 0.25) is 0 Å². The molecule has 3 aromatic rings. The lowest BCUT2D eigenvalue weighted by Gasteiger charge is -2.21. The zero-order chi connectivity index (χ0) is 18.2. The topological polar surface area (TPSA) is 76.5 Å². The predicted molar refractivity (Wildman–Crippen MR) is 79.8 cm³/mol. The minimum Gasteiger partial charge on any atom is -0.467 e. The number of hydrogen-bond donors (Lipinski definition) is 0. The Morgan fingerprint density at radius 3 is 2.72 bits per heavy atom. The molecule has 3 heterocycles. The highest BCUT2D eigenvalue weighted by Gasteiger charge is 2.35. The summed E-state index contributed by atoms with van der Waals surface area (Å²) in [4.78, 5) is 21.2. The number of carbonyl (C=O) groups is 1. The predicted octanol–water partition coefficient (Wildman–Crippen LogP) is 2.54. The van der Waals surface area contributed by atoms with E-state index in [9.17, 15) is 18.0 Å². The van der Waals surface area contributed by atoms with E-state index in [1.165, 1.54) is 22.9 Å². The van der Waals surface area contributed by atoms with Crippen molar-refractivity contribution in [1.29, 1.82) is 0 Å². The smallest absolute Gasteiger partial charge is 0.406 e. The fourth-order valence-corrected chi connectivity index (χ4v) is 2.40. The van der Waals surface area contributed by atoms with Gasteiger partial charge in [0.1, 0.15) is 12.3 Å². The molecule has 25 heavy (non-hydrogen) atoms. The Morgan fingerprint density at radius 2 is 2.08 bits per heavy atom. The maximum absolute atomic E-state index is 12.8. The van der Waals surface area contributed by atoms with Gasteiger partial charge in [-0.3, -0.25) is 4.79 Å². The maximum Gasteiger partial charge on any atom is 0.406 e. The molecule has 0 atom stereocenters. The van der Waals surface area contributed by atoms with E-state index in [2.05, 4.69) is 15.1 Å². The molecule has 0 aliphatic heterocycles. The summed E-state index contributed by atoms with van der Waals surface area (Å²) in [6, 6.07) is 4.75. The van der Waals surface area contributed by atoms with Crippen LogP contribution >= 0.6 is 0 Å². The molecule has 10 heteroatoms. The van der Waals surface area contributed by atoms with Gasteiger partial charge in [-0.05, 0) is 32.0 Å². The molecule has 0 fully saturated rings. The van der Waals surface area contributed by atoms with Crippen molar-refractivity contribution >= 4 is 11.7 Å². The van der Waals surface area contributed by atoms with Gasteiger partial charge in [0.25, 0.3) is 11.7 Å². The zero-order valence-electron chi connectivity index (χ0n) is 13.4. The van der Waals surface area contributed by atoms with E-state index in [4.69, 9.17) is 4.42 Å². The van der Waals surface area contributed by atoms with Gasteiger partial charge in [0.2, 0.25) is 5.82 Å². The minimum atomic E-state index is -4.56. The number of aryl methyl sites for hydroxylation is 2. The lowest BCUT2D eigenvalue weighted by molar-refractivity contribution is -0.142. The van der Waals surface area contributed by atoms with Crippen LogP contribution in [-0.4, -0.2) is 43.1 Å². The average Bonchev–Trinajstić information content (AvgIpc) is 3.13. The van der Waals surface area contributed by atoms with E-state index in [1.807, 2.05) is 0 Å². The van der Waals surface area contributed by atoms with Crippen LogP contribution in [0.5, 0.6) is 0 Å². The van der Waals surface area contributed by atoms with E-state index in [0.717, 1.165) is 0 Å². The third-order valence-electron chi connectivity index (χ3n) is 3.39. The number of fused-ring (bicyclic) bond motifs is 1. The van der Waals surface area contributed by atoms with Crippen LogP contribution in [0.1, 0.15) is 27.8 Å². The Bertz CT molecular complexity index is 902. The number of hydrogen-bond acceptors (Lipinski definition) is 5. The lowest BCUT2D eigenvalue weighted by Crippen LogP contribution is -2.39. The Balaban J connectivity index is 1.94. The largest absolute Gasteiger partial charge is 0.467 e. The third-order valence-corrected chi connectivity index (χ3v) is 3.39. The summed E-state index contributed by atoms with van der Waals surface area (Å²) in [6.45, 7) is 1.71. The van der Waals surface area contributed by atoms with Crippen molar-refractivity contribution in [3.63, 3.8) is 0 Å². The molecular weight excluding hydrogens is 339 g/mol.